The Kier molecular flexibility index (Phi) is 8.70. The summed E-state index contributed by atoms with van der Waals surface area (Å²) in [7, 11) is 1.61. The monoisotopic (exact) mass is 603 g/mol. The quantitative estimate of drug-likeness (QED) is 0.381. The lowest BCUT2D eigenvalue weighted by molar-refractivity contribution is -0.170. The van der Waals surface area contributed by atoms with Crippen molar-refractivity contribution in [3.8, 4) is 0 Å². The highest BCUT2D eigenvalue weighted by molar-refractivity contribution is 6.24. The molecule has 14 heteroatoms. The number of halogens is 3. The Morgan fingerprint density at radius 2 is 1.70 bits per heavy atom. The second-order valence-electron chi connectivity index (χ2n) is 11.0. The Bertz CT molecular complexity index is 1410. The Morgan fingerprint density at radius 3 is 2.16 bits per heavy atom. The van der Waals surface area contributed by atoms with Crippen molar-refractivity contribution in [3.63, 3.8) is 0 Å². The molecule has 2 aromatic rings. The molecule has 1 saturated heterocycles. The second-order valence-corrected chi connectivity index (χ2v) is 11.0. The van der Waals surface area contributed by atoms with E-state index in [1.807, 2.05) is 13.8 Å². The molecule has 1 aromatic carbocycles. The molecule has 2 aliphatic rings. The predicted molar refractivity (Wildman–Crippen MR) is 155 cm³/mol. The van der Waals surface area contributed by atoms with Crippen molar-refractivity contribution < 1.29 is 32.3 Å². The van der Waals surface area contributed by atoms with E-state index >= 15 is 0 Å². The Labute approximate surface area is 248 Å². The summed E-state index contributed by atoms with van der Waals surface area (Å²) in [4.78, 5) is 64.6. The number of carbonyl (C=O) groups is 4. The molecular weight excluding hydrogens is 567 g/mol. The van der Waals surface area contributed by atoms with Gasteiger partial charge in [0.15, 0.2) is 11.6 Å². The van der Waals surface area contributed by atoms with Crippen LogP contribution in [-0.2, 0) is 20.8 Å². The highest BCUT2D eigenvalue weighted by Gasteiger charge is 2.63. The highest BCUT2D eigenvalue weighted by Crippen LogP contribution is 2.48. The lowest BCUT2D eigenvalue weighted by atomic mass is 10.0. The van der Waals surface area contributed by atoms with Crippen LogP contribution in [0.25, 0.3) is 0 Å². The molecule has 0 unspecified atom stereocenters. The van der Waals surface area contributed by atoms with Crippen LogP contribution in [0.3, 0.4) is 0 Å². The summed E-state index contributed by atoms with van der Waals surface area (Å²) in [6, 6.07) is 4.37. The molecule has 4 rings (SSSR count). The smallest absolute Gasteiger partial charge is 0.358 e. The summed E-state index contributed by atoms with van der Waals surface area (Å²) in [5.41, 5.74) is 0.105. The molecule has 0 bridgehead atoms. The van der Waals surface area contributed by atoms with Gasteiger partial charge in [-0.1, -0.05) is 12.1 Å². The number of amides is 4. The SMILES string of the molecule is CCN(CC)c1ncc(N(C(=O)C(F)(F)F)C(C)C)c(N[C@@H](Cc2ccc(N3C(=O)N(C)C4(CC4)C3=O)cc2)C(C)=O)n1. The van der Waals surface area contributed by atoms with E-state index < -0.39 is 35.7 Å². The third-order valence-electron chi connectivity index (χ3n) is 7.92. The van der Waals surface area contributed by atoms with Gasteiger partial charge in [-0.2, -0.15) is 18.2 Å². The Balaban J connectivity index is 1.65. The first-order chi connectivity index (χ1) is 20.2. The lowest BCUT2D eigenvalue weighted by Gasteiger charge is -2.30. The number of hydrogen-bond acceptors (Lipinski definition) is 8. The fourth-order valence-electron chi connectivity index (χ4n) is 5.21. The largest absolute Gasteiger partial charge is 0.471 e. The number of carbonyl (C=O) groups excluding carboxylic acids is 4. The zero-order valence-electron chi connectivity index (χ0n) is 25.0. The van der Waals surface area contributed by atoms with Crippen LogP contribution in [0.1, 0.15) is 53.0 Å². The average Bonchev–Trinajstić information content (AvgIpc) is 3.73. The second kappa shape index (κ2) is 11.8. The van der Waals surface area contributed by atoms with E-state index in [1.54, 1.807) is 36.2 Å². The van der Waals surface area contributed by atoms with Crippen LogP contribution >= 0.6 is 0 Å². The molecule has 4 amide bonds. The van der Waals surface area contributed by atoms with Gasteiger partial charge in [-0.05, 0) is 71.6 Å². The third-order valence-corrected chi connectivity index (χ3v) is 7.92. The predicted octanol–water partition coefficient (Wildman–Crippen LogP) is 4.17. The van der Waals surface area contributed by atoms with Crippen LogP contribution in [0.5, 0.6) is 0 Å². The third kappa shape index (κ3) is 6.00. The molecule has 1 spiro atoms. The van der Waals surface area contributed by atoms with Gasteiger partial charge in [0.25, 0.3) is 5.91 Å². The molecule has 1 aromatic heterocycles. The van der Waals surface area contributed by atoms with Gasteiger partial charge < -0.3 is 15.1 Å². The highest BCUT2D eigenvalue weighted by atomic mass is 19.4. The topological polar surface area (TPSA) is 119 Å². The molecule has 2 heterocycles. The van der Waals surface area contributed by atoms with Gasteiger partial charge in [-0.25, -0.2) is 14.7 Å². The van der Waals surface area contributed by atoms with Gasteiger partial charge in [0.2, 0.25) is 5.95 Å². The molecule has 1 atom stereocenters. The first-order valence-corrected chi connectivity index (χ1v) is 14.2. The number of Topliss-reactive ketones (excluding diaryl/α,β-unsaturated/α-hetero) is 1. The van der Waals surface area contributed by atoms with Gasteiger partial charge in [0, 0.05) is 26.2 Å². The van der Waals surface area contributed by atoms with E-state index in [-0.39, 0.29) is 35.6 Å². The minimum absolute atomic E-state index is 0.0916. The van der Waals surface area contributed by atoms with E-state index in [0.29, 0.717) is 42.1 Å². The number of rotatable bonds is 11. The first-order valence-electron chi connectivity index (χ1n) is 14.2. The Hall–Kier alpha value is -4.23. The molecule has 0 radical (unpaired) electrons. The summed E-state index contributed by atoms with van der Waals surface area (Å²) in [6.07, 6.45) is -2.63. The number of aromatic nitrogens is 2. The van der Waals surface area contributed by atoms with Gasteiger partial charge in [0.1, 0.15) is 11.2 Å². The van der Waals surface area contributed by atoms with Crippen LogP contribution < -0.4 is 20.0 Å². The van der Waals surface area contributed by atoms with Crippen LogP contribution in [0.4, 0.5) is 41.1 Å². The molecule has 43 heavy (non-hydrogen) atoms. The van der Waals surface area contributed by atoms with Crippen molar-refractivity contribution in [2.24, 2.45) is 0 Å². The lowest BCUT2D eigenvalue weighted by Crippen LogP contribution is -2.46. The molecule has 1 aliphatic heterocycles. The molecule has 1 N–H and O–H groups in total. The molecule has 1 saturated carbocycles. The minimum Gasteiger partial charge on any atom is -0.358 e. The van der Waals surface area contributed by atoms with Gasteiger partial charge in [-0.15, -0.1) is 0 Å². The number of anilines is 4. The number of imide groups is 1. The van der Waals surface area contributed by atoms with Crippen LogP contribution in [0, 0.1) is 0 Å². The molecule has 232 valence electrons. The maximum Gasteiger partial charge on any atom is 0.471 e. The maximum atomic E-state index is 13.6. The van der Waals surface area contributed by atoms with E-state index in [4.69, 9.17) is 0 Å². The fourth-order valence-corrected chi connectivity index (χ4v) is 5.21. The van der Waals surface area contributed by atoms with E-state index in [0.717, 1.165) is 11.1 Å². The van der Waals surface area contributed by atoms with Crippen LogP contribution in [-0.4, -0.2) is 82.4 Å². The van der Waals surface area contributed by atoms with Gasteiger partial charge in [0.05, 0.1) is 17.9 Å². The number of alkyl halides is 3. The van der Waals surface area contributed by atoms with Gasteiger partial charge in [-0.3, -0.25) is 19.3 Å². The normalized spacial score (nSPS) is 16.6. The number of urea groups is 1. The van der Waals surface area contributed by atoms with Crippen molar-refractivity contribution in [1.29, 1.82) is 0 Å². The number of hydrogen-bond donors (Lipinski definition) is 1. The summed E-state index contributed by atoms with van der Waals surface area (Å²) in [6.45, 7) is 9.00. The summed E-state index contributed by atoms with van der Waals surface area (Å²) >= 11 is 0. The first kappa shape index (κ1) is 31.7. The van der Waals surface area contributed by atoms with Crippen molar-refractivity contribution in [1.82, 2.24) is 14.9 Å². The molecular formula is C29H36F3N7O4. The van der Waals surface area contributed by atoms with Crippen LogP contribution in [0.15, 0.2) is 30.5 Å². The van der Waals surface area contributed by atoms with E-state index in [9.17, 15) is 32.3 Å². The molecule has 2 fully saturated rings. The standard InChI is InChI=1S/C29H36F3N7O4/c1-7-37(8-2)26-33-16-22(38(17(3)4)25(42)29(30,31)32)23(35-26)34-21(18(5)40)15-19-9-11-20(12-10-19)39-24(41)28(13-14-28)36(6)27(39)43/h9-12,16-17,21H,7-8,13-15H2,1-6H3,(H,33,34,35)/t21-/m0/s1. The maximum absolute atomic E-state index is 13.6. The van der Waals surface area contributed by atoms with Crippen molar-refractivity contribution in [3.05, 3.63) is 36.0 Å². The van der Waals surface area contributed by atoms with Crippen molar-refractivity contribution >= 4 is 46.8 Å². The number of nitrogens with one attached hydrogen (secondary N) is 1. The van der Waals surface area contributed by atoms with Crippen molar-refractivity contribution in [2.75, 3.05) is 40.2 Å². The number of ketones is 1. The van der Waals surface area contributed by atoms with E-state index in [2.05, 4.69) is 15.3 Å². The number of likely N-dealkylation sites (N-methyl/N-ethyl adjacent to an activating group) is 1. The molecule has 1 aliphatic carbocycles. The van der Waals surface area contributed by atoms with E-state index in [1.165, 1.54) is 25.7 Å². The van der Waals surface area contributed by atoms with Crippen molar-refractivity contribution in [2.45, 2.75) is 77.7 Å². The molecule has 11 nitrogen and oxygen atoms in total. The summed E-state index contributed by atoms with van der Waals surface area (Å²) < 4.78 is 40.7. The minimum atomic E-state index is -5.15. The summed E-state index contributed by atoms with van der Waals surface area (Å²) in [5.74, 6) is -2.53. The Morgan fingerprint density at radius 1 is 1.09 bits per heavy atom. The summed E-state index contributed by atoms with van der Waals surface area (Å²) in [5, 5.41) is 2.98. The zero-order valence-corrected chi connectivity index (χ0v) is 25.0. The zero-order chi connectivity index (χ0) is 31.9. The fraction of sp³-hybridized carbons (Fsp3) is 0.517. The number of nitrogens with zero attached hydrogens (tertiary/aromatic N) is 6. The number of benzene rings is 1. The van der Waals surface area contributed by atoms with Crippen LogP contribution in [0.2, 0.25) is 0 Å². The van der Waals surface area contributed by atoms with Gasteiger partial charge >= 0.3 is 18.1 Å². The average molecular weight is 604 g/mol.